The van der Waals surface area contributed by atoms with Crippen molar-refractivity contribution in [2.45, 2.75) is 44.9 Å². The first-order chi connectivity index (χ1) is 10.3. The van der Waals surface area contributed by atoms with Crippen molar-refractivity contribution in [3.8, 4) is 0 Å². The Hall–Kier alpha value is -1.40. The van der Waals surface area contributed by atoms with Crippen LogP contribution in [0.4, 0.5) is 0 Å². The van der Waals surface area contributed by atoms with Crippen LogP contribution in [0.2, 0.25) is 0 Å². The highest BCUT2D eigenvalue weighted by Crippen LogP contribution is 2.20. The Bertz CT molecular complexity index is 612. The van der Waals surface area contributed by atoms with E-state index in [1.54, 1.807) is 19.1 Å². The summed E-state index contributed by atoms with van der Waals surface area (Å²) in [6.45, 7) is 6.11. The van der Waals surface area contributed by atoms with Crippen LogP contribution in [0, 0.1) is 13.8 Å². The van der Waals surface area contributed by atoms with Crippen LogP contribution in [0.3, 0.4) is 0 Å². The Kier molecular flexibility index (Phi) is 7.03. The summed E-state index contributed by atoms with van der Waals surface area (Å²) in [5, 5.41) is 2.75. The van der Waals surface area contributed by atoms with Gasteiger partial charge in [0.15, 0.2) is 0 Å². The Balaban J connectivity index is 2.72. The summed E-state index contributed by atoms with van der Waals surface area (Å²) in [5.74, 6) is -0.271. The number of benzene rings is 1. The van der Waals surface area contributed by atoms with E-state index in [9.17, 15) is 13.2 Å². The molecule has 124 valence electrons. The average Bonchev–Trinajstić information content (AvgIpc) is 2.46. The predicted octanol–water partition coefficient (Wildman–Crippen LogP) is 2.23. The summed E-state index contributed by atoms with van der Waals surface area (Å²) >= 11 is 0. The minimum atomic E-state index is -3.65. The third-order valence-electron chi connectivity index (χ3n) is 3.50. The highest BCUT2D eigenvalue weighted by atomic mass is 32.2. The molecule has 0 saturated heterocycles. The molecule has 1 rings (SSSR count). The van der Waals surface area contributed by atoms with Crippen molar-refractivity contribution < 1.29 is 13.2 Å². The number of hydrogen-bond acceptors (Lipinski definition) is 3. The summed E-state index contributed by atoms with van der Waals surface area (Å²) in [4.78, 5) is 12.1. The highest BCUT2D eigenvalue weighted by molar-refractivity contribution is 7.89. The molecule has 0 unspecified atom stereocenters. The normalized spacial score (nSPS) is 11.7. The van der Waals surface area contributed by atoms with E-state index in [0.717, 1.165) is 29.1 Å². The number of carbonyl (C=O) groups is 1. The Morgan fingerprint density at radius 1 is 1.23 bits per heavy atom. The van der Waals surface area contributed by atoms with Crippen molar-refractivity contribution in [3.05, 3.63) is 29.3 Å². The summed E-state index contributed by atoms with van der Waals surface area (Å²) in [5.41, 5.74) is 1.56. The molecular weight excluding hydrogens is 300 g/mol. The number of nitrogens with zero attached hydrogens (tertiary/aromatic N) is 1. The maximum atomic E-state index is 12.6. The maximum absolute atomic E-state index is 12.6. The number of aryl methyl sites for hydroxylation is 2. The minimum absolute atomic E-state index is 0.165. The molecule has 1 aromatic carbocycles. The Morgan fingerprint density at radius 3 is 2.55 bits per heavy atom. The number of nitrogens with one attached hydrogen (secondary N) is 1. The van der Waals surface area contributed by atoms with Crippen molar-refractivity contribution in [1.82, 2.24) is 9.62 Å². The predicted molar refractivity (Wildman–Crippen MR) is 88.3 cm³/mol. The van der Waals surface area contributed by atoms with Gasteiger partial charge in [0.1, 0.15) is 0 Å². The maximum Gasteiger partial charge on any atom is 0.243 e. The number of hydrogen-bond donors (Lipinski definition) is 1. The quantitative estimate of drug-likeness (QED) is 0.745. The second kappa shape index (κ2) is 8.29. The number of sulfonamides is 1. The van der Waals surface area contributed by atoms with Gasteiger partial charge in [0, 0.05) is 13.6 Å². The largest absolute Gasteiger partial charge is 0.355 e. The van der Waals surface area contributed by atoms with Crippen LogP contribution >= 0.6 is 0 Å². The standard InChI is InChI=1S/C16H26N2O3S/c1-5-6-7-10-17-16(19)12-18(4)22(20,21)15-11-13(2)8-9-14(15)3/h8-9,11H,5-7,10,12H2,1-4H3,(H,17,19). The van der Waals surface area contributed by atoms with E-state index in [4.69, 9.17) is 0 Å². The summed E-state index contributed by atoms with van der Waals surface area (Å²) in [7, 11) is -2.22. The van der Waals surface area contributed by atoms with Crippen LogP contribution in [-0.4, -0.2) is 38.8 Å². The third-order valence-corrected chi connectivity index (χ3v) is 5.45. The molecule has 0 aliphatic heterocycles. The molecule has 0 heterocycles. The fraction of sp³-hybridized carbons (Fsp3) is 0.562. The molecule has 1 aromatic rings. The molecule has 0 fully saturated rings. The summed E-state index contributed by atoms with van der Waals surface area (Å²) in [6, 6.07) is 5.29. The van der Waals surface area contributed by atoms with E-state index >= 15 is 0 Å². The lowest BCUT2D eigenvalue weighted by Crippen LogP contribution is -2.38. The van der Waals surface area contributed by atoms with Gasteiger partial charge in [0.05, 0.1) is 11.4 Å². The number of rotatable bonds is 8. The molecule has 0 aliphatic rings. The van der Waals surface area contributed by atoms with E-state index < -0.39 is 10.0 Å². The minimum Gasteiger partial charge on any atom is -0.355 e. The Morgan fingerprint density at radius 2 is 1.91 bits per heavy atom. The molecule has 0 atom stereocenters. The zero-order chi connectivity index (χ0) is 16.8. The fourth-order valence-electron chi connectivity index (χ4n) is 2.10. The molecular formula is C16H26N2O3S. The number of unbranched alkanes of at least 4 members (excludes halogenated alkanes) is 2. The van der Waals surface area contributed by atoms with Crippen molar-refractivity contribution in [1.29, 1.82) is 0 Å². The monoisotopic (exact) mass is 326 g/mol. The SMILES string of the molecule is CCCCCNC(=O)CN(C)S(=O)(=O)c1cc(C)ccc1C. The summed E-state index contributed by atoms with van der Waals surface area (Å²) < 4.78 is 26.2. The average molecular weight is 326 g/mol. The summed E-state index contributed by atoms with van der Waals surface area (Å²) in [6.07, 6.45) is 3.05. The van der Waals surface area contributed by atoms with E-state index in [-0.39, 0.29) is 17.3 Å². The van der Waals surface area contributed by atoms with Crippen molar-refractivity contribution in [3.63, 3.8) is 0 Å². The van der Waals surface area contributed by atoms with Gasteiger partial charge < -0.3 is 5.32 Å². The highest BCUT2D eigenvalue weighted by Gasteiger charge is 2.24. The van der Waals surface area contributed by atoms with E-state index in [1.807, 2.05) is 13.0 Å². The van der Waals surface area contributed by atoms with Gasteiger partial charge in [0.2, 0.25) is 15.9 Å². The zero-order valence-electron chi connectivity index (χ0n) is 13.8. The number of likely N-dealkylation sites (N-methyl/N-ethyl adjacent to an activating group) is 1. The Labute approximate surface area is 133 Å². The number of amides is 1. The van der Waals surface area contributed by atoms with Gasteiger partial charge in [0.25, 0.3) is 0 Å². The topological polar surface area (TPSA) is 66.5 Å². The zero-order valence-corrected chi connectivity index (χ0v) is 14.7. The van der Waals surface area contributed by atoms with Gasteiger partial charge in [-0.15, -0.1) is 0 Å². The molecule has 0 spiro atoms. The second-order valence-corrected chi connectivity index (χ2v) is 7.60. The van der Waals surface area contributed by atoms with Crippen LogP contribution < -0.4 is 5.32 Å². The van der Waals surface area contributed by atoms with Gasteiger partial charge in [-0.2, -0.15) is 4.31 Å². The van der Waals surface area contributed by atoms with Gasteiger partial charge in [-0.25, -0.2) is 8.42 Å². The fourth-order valence-corrected chi connectivity index (χ4v) is 3.53. The van der Waals surface area contributed by atoms with E-state index in [1.165, 1.54) is 7.05 Å². The third kappa shape index (κ3) is 5.10. The van der Waals surface area contributed by atoms with Gasteiger partial charge >= 0.3 is 0 Å². The van der Waals surface area contributed by atoms with E-state index in [2.05, 4.69) is 12.2 Å². The molecule has 22 heavy (non-hydrogen) atoms. The molecule has 0 bridgehead atoms. The number of carbonyl (C=O) groups excluding carboxylic acids is 1. The molecule has 0 aromatic heterocycles. The van der Waals surface area contributed by atoms with Crippen LogP contribution in [0.15, 0.2) is 23.1 Å². The molecule has 0 aliphatic carbocycles. The van der Waals surface area contributed by atoms with E-state index in [0.29, 0.717) is 12.1 Å². The first-order valence-electron chi connectivity index (χ1n) is 7.59. The van der Waals surface area contributed by atoms with Gasteiger partial charge in [-0.1, -0.05) is 31.9 Å². The lowest BCUT2D eigenvalue weighted by atomic mass is 10.2. The van der Waals surface area contributed by atoms with Crippen LogP contribution in [0.1, 0.15) is 37.3 Å². The lowest BCUT2D eigenvalue weighted by molar-refractivity contribution is -0.121. The smallest absolute Gasteiger partial charge is 0.243 e. The molecule has 1 amide bonds. The molecule has 0 radical (unpaired) electrons. The van der Waals surface area contributed by atoms with Crippen LogP contribution in [0.5, 0.6) is 0 Å². The lowest BCUT2D eigenvalue weighted by Gasteiger charge is -2.18. The van der Waals surface area contributed by atoms with Gasteiger partial charge in [-0.3, -0.25) is 4.79 Å². The van der Waals surface area contributed by atoms with Crippen LogP contribution in [0.25, 0.3) is 0 Å². The molecule has 0 saturated carbocycles. The van der Waals surface area contributed by atoms with Crippen molar-refractivity contribution >= 4 is 15.9 Å². The molecule has 6 heteroatoms. The van der Waals surface area contributed by atoms with Gasteiger partial charge in [-0.05, 0) is 37.5 Å². The van der Waals surface area contributed by atoms with Crippen molar-refractivity contribution in [2.24, 2.45) is 0 Å². The molecule has 5 nitrogen and oxygen atoms in total. The molecule has 1 N–H and O–H groups in total. The van der Waals surface area contributed by atoms with Crippen molar-refractivity contribution in [2.75, 3.05) is 20.1 Å². The van der Waals surface area contributed by atoms with Crippen LogP contribution in [-0.2, 0) is 14.8 Å². The first kappa shape index (κ1) is 18.6. The second-order valence-electron chi connectivity index (χ2n) is 5.59. The first-order valence-corrected chi connectivity index (χ1v) is 9.03.